The van der Waals surface area contributed by atoms with Gasteiger partial charge in [-0.15, -0.1) is 0 Å². The first-order valence-corrected chi connectivity index (χ1v) is 4.48. The summed E-state index contributed by atoms with van der Waals surface area (Å²) in [5.41, 5.74) is 2.30. The molecular weight excluding hydrogens is 162 g/mol. The highest BCUT2D eigenvalue weighted by atomic mass is 15.2. The fourth-order valence-corrected chi connectivity index (χ4v) is 1.37. The number of pyridine rings is 1. The molecule has 0 spiro atoms. The monoisotopic (exact) mass is 175 g/mol. The smallest absolute Gasteiger partial charge is 0.0664 e. The van der Waals surface area contributed by atoms with E-state index in [1.165, 1.54) is 0 Å². The summed E-state index contributed by atoms with van der Waals surface area (Å²) in [7, 11) is 1.95. The summed E-state index contributed by atoms with van der Waals surface area (Å²) in [6.07, 6.45) is 2.95. The molecule has 13 heavy (non-hydrogen) atoms. The fourth-order valence-electron chi connectivity index (χ4n) is 1.37. The average Bonchev–Trinajstić information content (AvgIpc) is 2.57. The van der Waals surface area contributed by atoms with Gasteiger partial charge in [-0.05, 0) is 25.2 Å². The van der Waals surface area contributed by atoms with E-state index in [2.05, 4.69) is 22.5 Å². The van der Waals surface area contributed by atoms with E-state index in [-0.39, 0.29) is 0 Å². The molecule has 3 heteroatoms. The molecule has 0 fully saturated rings. The van der Waals surface area contributed by atoms with Crippen LogP contribution in [0, 0.1) is 0 Å². The van der Waals surface area contributed by atoms with Crippen LogP contribution in [0.1, 0.15) is 5.69 Å². The van der Waals surface area contributed by atoms with Gasteiger partial charge in [-0.2, -0.15) is 5.10 Å². The highest BCUT2D eigenvalue weighted by molar-refractivity contribution is 5.46. The van der Waals surface area contributed by atoms with Gasteiger partial charge in [0.05, 0.1) is 11.2 Å². The molecule has 0 saturated heterocycles. The molecule has 0 aliphatic heterocycles. The van der Waals surface area contributed by atoms with Gasteiger partial charge in [-0.25, -0.2) is 4.52 Å². The molecular formula is C10H13N3. The lowest BCUT2D eigenvalue weighted by atomic mass is 10.3. The van der Waals surface area contributed by atoms with Crippen LogP contribution in [0.15, 0.2) is 30.5 Å². The fraction of sp³-hybridized carbons (Fsp3) is 0.300. The zero-order chi connectivity index (χ0) is 9.10. The maximum Gasteiger partial charge on any atom is 0.0664 e. The molecule has 3 nitrogen and oxygen atoms in total. The zero-order valence-corrected chi connectivity index (χ0v) is 7.70. The van der Waals surface area contributed by atoms with Crippen LogP contribution in [0.2, 0.25) is 0 Å². The minimum Gasteiger partial charge on any atom is -0.319 e. The molecule has 2 rings (SSSR count). The van der Waals surface area contributed by atoms with E-state index in [9.17, 15) is 0 Å². The molecule has 68 valence electrons. The molecule has 2 heterocycles. The number of likely N-dealkylation sites (N-methyl/N-ethyl adjacent to an activating group) is 1. The Kier molecular flexibility index (Phi) is 2.27. The minimum absolute atomic E-state index is 0.976. The quantitative estimate of drug-likeness (QED) is 0.756. The van der Waals surface area contributed by atoms with Gasteiger partial charge in [-0.1, -0.05) is 6.07 Å². The Morgan fingerprint density at radius 1 is 1.46 bits per heavy atom. The van der Waals surface area contributed by atoms with Crippen molar-refractivity contribution in [1.29, 1.82) is 0 Å². The van der Waals surface area contributed by atoms with Gasteiger partial charge in [0, 0.05) is 19.2 Å². The summed E-state index contributed by atoms with van der Waals surface area (Å²) in [4.78, 5) is 0. The average molecular weight is 175 g/mol. The Labute approximate surface area is 77.4 Å². The first-order valence-electron chi connectivity index (χ1n) is 4.48. The second-order valence-electron chi connectivity index (χ2n) is 3.06. The highest BCUT2D eigenvalue weighted by Crippen LogP contribution is 2.05. The third kappa shape index (κ3) is 1.70. The van der Waals surface area contributed by atoms with Gasteiger partial charge in [0.1, 0.15) is 0 Å². The van der Waals surface area contributed by atoms with E-state index in [0.29, 0.717) is 0 Å². The first kappa shape index (κ1) is 8.26. The maximum atomic E-state index is 4.43. The summed E-state index contributed by atoms with van der Waals surface area (Å²) in [5, 5.41) is 7.54. The highest BCUT2D eigenvalue weighted by Gasteiger charge is 1.98. The number of hydrogen-bond acceptors (Lipinski definition) is 2. The van der Waals surface area contributed by atoms with Crippen molar-refractivity contribution in [2.75, 3.05) is 13.6 Å². The van der Waals surface area contributed by atoms with Crippen molar-refractivity contribution >= 4 is 5.52 Å². The number of aromatic nitrogens is 2. The number of nitrogens with one attached hydrogen (secondary N) is 1. The number of rotatable bonds is 3. The van der Waals surface area contributed by atoms with Crippen molar-refractivity contribution in [3.63, 3.8) is 0 Å². The molecule has 0 unspecified atom stereocenters. The van der Waals surface area contributed by atoms with Crippen LogP contribution in [0.25, 0.3) is 5.52 Å². The molecule has 0 radical (unpaired) electrons. The van der Waals surface area contributed by atoms with Crippen LogP contribution < -0.4 is 5.32 Å². The Bertz CT molecular complexity index is 359. The lowest BCUT2D eigenvalue weighted by molar-refractivity contribution is 0.764. The van der Waals surface area contributed by atoms with Crippen LogP contribution >= 0.6 is 0 Å². The standard InChI is InChI=1S/C10H13N3/c1-11-6-5-9-8-10-4-2-3-7-13(10)12-9/h2-4,7-8,11H,5-6H2,1H3. The van der Waals surface area contributed by atoms with Crippen LogP contribution in [-0.2, 0) is 6.42 Å². The Balaban J connectivity index is 2.28. The van der Waals surface area contributed by atoms with Crippen LogP contribution in [0.4, 0.5) is 0 Å². The van der Waals surface area contributed by atoms with Gasteiger partial charge in [0.25, 0.3) is 0 Å². The molecule has 0 atom stereocenters. The summed E-state index contributed by atoms with van der Waals surface area (Å²) in [5.74, 6) is 0. The number of hydrogen-bond donors (Lipinski definition) is 1. The van der Waals surface area contributed by atoms with Gasteiger partial charge < -0.3 is 5.32 Å². The van der Waals surface area contributed by atoms with E-state index < -0.39 is 0 Å². The third-order valence-electron chi connectivity index (χ3n) is 2.05. The molecule has 2 aromatic rings. The van der Waals surface area contributed by atoms with Gasteiger partial charge in [0.15, 0.2) is 0 Å². The first-order chi connectivity index (χ1) is 6.40. The third-order valence-corrected chi connectivity index (χ3v) is 2.05. The van der Waals surface area contributed by atoms with E-state index in [0.717, 1.165) is 24.2 Å². The Hall–Kier alpha value is -1.35. The van der Waals surface area contributed by atoms with Crippen molar-refractivity contribution in [2.45, 2.75) is 6.42 Å². The molecule has 2 aromatic heterocycles. The van der Waals surface area contributed by atoms with Crippen molar-refractivity contribution in [3.8, 4) is 0 Å². The minimum atomic E-state index is 0.976. The van der Waals surface area contributed by atoms with Crippen molar-refractivity contribution < 1.29 is 0 Å². The molecule has 0 amide bonds. The summed E-state index contributed by atoms with van der Waals surface area (Å²) in [6, 6.07) is 8.20. The van der Waals surface area contributed by atoms with E-state index in [4.69, 9.17) is 0 Å². The maximum absolute atomic E-state index is 4.43. The SMILES string of the molecule is CNCCc1cc2ccccn2n1. The van der Waals surface area contributed by atoms with Crippen molar-refractivity contribution in [1.82, 2.24) is 14.9 Å². The summed E-state index contributed by atoms with van der Waals surface area (Å²) >= 11 is 0. The van der Waals surface area contributed by atoms with Gasteiger partial charge in [0.2, 0.25) is 0 Å². The largest absolute Gasteiger partial charge is 0.319 e. The molecule has 0 aliphatic carbocycles. The van der Waals surface area contributed by atoms with Crippen LogP contribution in [-0.4, -0.2) is 23.2 Å². The predicted molar refractivity (Wildman–Crippen MR) is 52.8 cm³/mol. The Morgan fingerprint density at radius 2 is 2.38 bits per heavy atom. The number of nitrogens with zero attached hydrogens (tertiary/aromatic N) is 2. The Morgan fingerprint density at radius 3 is 3.15 bits per heavy atom. The lowest BCUT2D eigenvalue weighted by Gasteiger charge is -1.92. The molecule has 0 saturated carbocycles. The zero-order valence-electron chi connectivity index (χ0n) is 7.70. The summed E-state index contributed by atoms with van der Waals surface area (Å²) in [6.45, 7) is 0.976. The summed E-state index contributed by atoms with van der Waals surface area (Å²) < 4.78 is 1.91. The van der Waals surface area contributed by atoms with E-state index >= 15 is 0 Å². The van der Waals surface area contributed by atoms with Crippen LogP contribution in [0.5, 0.6) is 0 Å². The van der Waals surface area contributed by atoms with E-state index in [1.54, 1.807) is 0 Å². The van der Waals surface area contributed by atoms with Crippen molar-refractivity contribution in [3.05, 3.63) is 36.2 Å². The van der Waals surface area contributed by atoms with Gasteiger partial charge in [-0.3, -0.25) is 0 Å². The van der Waals surface area contributed by atoms with E-state index in [1.807, 2.05) is 29.9 Å². The van der Waals surface area contributed by atoms with Gasteiger partial charge >= 0.3 is 0 Å². The molecule has 0 bridgehead atoms. The predicted octanol–water partition coefficient (Wildman–Crippen LogP) is 1.10. The normalized spacial score (nSPS) is 10.8. The lowest BCUT2D eigenvalue weighted by Crippen LogP contribution is -2.10. The molecule has 1 N–H and O–H groups in total. The second kappa shape index (κ2) is 3.58. The van der Waals surface area contributed by atoms with Crippen molar-refractivity contribution in [2.24, 2.45) is 0 Å². The molecule has 0 aliphatic rings. The number of fused-ring (bicyclic) bond motifs is 1. The molecule has 0 aromatic carbocycles. The topological polar surface area (TPSA) is 29.3 Å². The van der Waals surface area contributed by atoms with Crippen LogP contribution in [0.3, 0.4) is 0 Å². The second-order valence-corrected chi connectivity index (χ2v) is 3.06.